The van der Waals surface area contributed by atoms with Crippen LogP contribution in [0.25, 0.3) is 11.3 Å². The Balaban J connectivity index is 1.20. The van der Waals surface area contributed by atoms with Gasteiger partial charge in [-0.15, -0.1) is 0 Å². The Morgan fingerprint density at radius 2 is 2.07 bits per heavy atom. The third-order valence-electron chi connectivity index (χ3n) is 5.00. The van der Waals surface area contributed by atoms with Crippen LogP contribution >= 0.6 is 0 Å². The molecule has 0 unspecified atom stereocenters. The number of para-hydroxylation sites is 1. The molecule has 2 aromatic carbocycles. The van der Waals surface area contributed by atoms with Crippen molar-refractivity contribution in [3.8, 4) is 28.5 Å². The maximum Gasteiger partial charge on any atom is 0.231 e. The van der Waals surface area contributed by atoms with E-state index in [0.717, 1.165) is 34.6 Å². The molecule has 1 amide bonds. The lowest BCUT2D eigenvalue weighted by Gasteiger charge is -2.13. The summed E-state index contributed by atoms with van der Waals surface area (Å²) in [4.78, 5) is 20.9. The number of amides is 1. The number of nitrogens with one attached hydrogen (secondary N) is 1. The molecule has 2 aliphatic heterocycles. The number of ether oxygens (including phenoxy) is 3. The number of nitrogens with zero attached hydrogens (tertiary/aromatic N) is 2. The third-order valence-corrected chi connectivity index (χ3v) is 5.00. The predicted octanol–water partition coefficient (Wildman–Crippen LogP) is 2.53. The fourth-order valence-electron chi connectivity index (χ4n) is 3.62. The highest BCUT2D eigenvalue weighted by Gasteiger charge is 2.26. The zero-order valence-electron chi connectivity index (χ0n) is 15.6. The van der Waals surface area contributed by atoms with Gasteiger partial charge in [0.1, 0.15) is 11.9 Å². The van der Waals surface area contributed by atoms with E-state index in [-0.39, 0.29) is 25.2 Å². The average molecular weight is 389 g/mol. The predicted molar refractivity (Wildman–Crippen MR) is 105 cm³/mol. The number of carbonyl (C=O) groups is 1. The first-order valence-corrected chi connectivity index (χ1v) is 9.46. The Hall–Kier alpha value is -3.61. The van der Waals surface area contributed by atoms with E-state index >= 15 is 0 Å². The van der Waals surface area contributed by atoms with Crippen LogP contribution < -0.4 is 19.5 Å². The standard InChI is InChI=1S/C22H19N3O4/c26-21(9-14-4-5-19-20(8-14)28-13-27-19)25-11-16-10-15-2-1-3-17(22(15)29-16)18-12-23-6-7-24-18/h1-8,12,16H,9-11,13H2,(H,25,26)/t16-/m0/s1. The summed E-state index contributed by atoms with van der Waals surface area (Å²) in [6.07, 6.45) is 5.95. The lowest BCUT2D eigenvalue weighted by molar-refractivity contribution is -0.120. The molecule has 0 saturated carbocycles. The van der Waals surface area contributed by atoms with Crippen LogP contribution in [0, 0.1) is 0 Å². The summed E-state index contributed by atoms with van der Waals surface area (Å²) >= 11 is 0. The van der Waals surface area contributed by atoms with E-state index in [0.29, 0.717) is 18.0 Å². The van der Waals surface area contributed by atoms with E-state index in [2.05, 4.69) is 15.3 Å². The molecule has 7 heteroatoms. The molecule has 2 aliphatic rings. The second-order valence-corrected chi connectivity index (χ2v) is 7.00. The van der Waals surface area contributed by atoms with Crippen molar-refractivity contribution in [1.82, 2.24) is 15.3 Å². The van der Waals surface area contributed by atoms with Gasteiger partial charge in [-0.2, -0.15) is 0 Å². The van der Waals surface area contributed by atoms with Gasteiger partial charge in [0.15, 0.2) is 11.5 Å². The summed E-state index contributed by atoms with van der Waals surface area (Å²) < 4.78 is 16.8. The summed E-state index contributed by atoms with van der Waals surface area (Å²) in [5.41, 5.74) is 3.69. The zero-order valence-corrected chi connectivity index (χ0v) is 15.6. The Morgan fingerprint density at radius 3 is 2.97 bits per heavy atom. The molecule has 0 aliphatic carbocycles. The van der Waals surface area contributed by atoms with Crippen LogP contribution in [0.5, 0.6) is 17.2 Å². The van der Waals surface area contributed by atoms with E-state index in [1.54, 1.807) is 18.6 Å². The van der Waals surface area contributed by atoms with E-state index < -0.39 is 0 Å². The number of aromatic nitrogens is 2. The number of rotatable bonds is 5. The Morgan fingerprint density at radius 1 is 1.14 bits per heavy atom. The van der Waals surface area contributed by atoms with Gasteiger partial charge in [-0.25, -0.2) is 0 Å². The molecule has 0 fully saturated rings. The molecule has 0 bridgehead atoms. The number of hydrogen-bond acceptors (Lipinski definition) is 6. The maximum atomic E-state index is 12.4. The molecule has 1 atom stereocenters. The molecular formula is C22H19N3O4. The van der Waals surface area contributed by atoms with Gasteiger partial charge in [-0.3, -0.25) is 14.8 Å². The lowest BCUT2D eigenvalue weighted by atomic mass is 10.0. The highest BCUT2D eigenvalue weighted by atomic mass is 16.7. The summed E-state index contributed by atoms with van der Waals surface area (Å²) in [5.74, 6) is 2.16. The summed E-state index contributed by atoms with van der Waals surface area (Å²) in [6.45, 7) is 0.666. The van der Waals surface area contributed by atoms with Gasteiger partial charge in [0.05, 0.1) is 24.9 Å². The van der Waals surface area contributed by atoms with Crippen LogP contribution in [0.3, 0.4) is 0 Å². The number of carbonyl (C=O) groups excluding carboxylic acids is 1. The first kappa shape index (κ1) is 17.5. The summed E-state index contributed by atoms with van der Waals surface area (Å²) in [5, 5.41) is 2.97. The van der Waals surface area contributed by atoms with Gasteiger partial charge < -0.3 is 19.5 Å². The van der Waals surface area contributed by atoms with Crippen LogP contribution in [-0.2, 0) is 17.6 Å². The Labute approximate surface area is 167 Å². The minimum atomic E-state index is -0.108. The van der Waals surface area contributed by atoms with Gasteiger partial charge in [-0.05, 0) is 29.3 Å². The number of fused-ring (bicyclic) bond motifs is 2. The van der Waals surface area contributed by atoms with E-state index in [1.165, 1.54) is 0 Å². The van der Waals surface area contributed by atoms with Crippen molar-refractivity contribution in [2.45, 2.75) is 18.9 Å². The van der Waals surface area contributed by atoms with Crippen LogP contribution in [0.2, 0.25) is 0 Å². The lowest BCUT2D eigenvalue weighted by Crippen LogP contribution is -2.35. The second-order valence-electron chi connectivity index (χ2n) is 7.00. The van der Waals surface area contributed by atoms with Gasteiger partial charge in [-0.1, -0.05) is 18.2 Å². The van der Waals surface area contributed by atoms with Crippen molar-refractivity contribution in [2.75, 3.05) is 13.3 Å². The number of benzene rings is 2. The van der Waals surface area contributed by atoms with Crippen molar-refractivity contribution in [3.05, 3.63) is 66.1 Å². The third kappa shape index (κ3) is 3.59. The molecule has 0 saturated heterocycles. The molecule has 7 nitrogen and oxygen atoms in total. The van der Waals surface area contributed by atoms with Crippen LogP contribution in [0.4, 0.5) is 0 Å². The van der Waals surface area contributed by atoms with E-state index in [9.17, 15) is 4.79 Å². The summed E-state index contributed by atoms with van der Waals surface area (Å²) in [7, 11) is 0. The smallest absolute Gasteiger partial charge is 0.231 e. The zero-order chi connectivity index (χ0) is 19.6. The van der Waals surface area contributed by atoms with Gasteiger partial charge in [0.2, 0.25) is 12.7 Å². The van der Waals surface area contributed by atoms with Gasteiger partial charge in [0, 0.05) is 24.4 Å². The molecule has 0 spiro atoms. The second kappa shape index (κ2) is 7.43. The minimum Gasteiger partial charge on any atom is -0.487 e. The Bertz CT molecular complexity index is 1060. The number of hydrogen-bond donors (Lipinski definition) is 1. The Kier molecular flexibility index (Phi) is 4.48. The normalized spacial score (nSPS) is 16.2. The maximum absolute atomic E-state index is 12.4. The van der Waals surface area contributed by atoms with E-state index in [1.807, 2.05) is 36.4 Å². The molecule has 29 heavy (non-hydrogen) atoms. The molecule has 3 aromatic rings. The monoisotopic (exact) mass is 389 g/mol. The van der Waals surface area contributed by atoms with Crippen LogP contribution in [0.15, 0.2) is 55.0 Å². The molecule has 1 aromatic heterocycles. The van der Waals surface area contributed by atoms with Crippen molar-refractivity contribution in [1.29, 1.82) is 0 Å². The SMILES string of the molecule is O=C(Cc1ccc2c(c1)OCO2)NC[C@@H]1Cc2cccc(-c3cnccn3)c2O1. The molecule has 5 rings (SSSR count). The molecule has 1 N–H and O–H groups in total. The molecular weight excluding hydrogens is 370 g/mol. The fourth-order valence-corrected chi connectivity index (χ4v) is 3.62. The molecule has 3 heterocycles. The topological polar surface area (TPSA) is 82.6 Å². The van der Waals surface area contributed by atoms with Crippen molar-refractivity contribution in [3.63, 3.8) is 0 Å². The average Bonchev–Trinajstić information content (AvgIpc) is 3.38. The highest BCUT2D eigenvalue weighted by Crippen LogP contribution is 2.37. The minimum absolute atomic E-state index is 0.0578. The highest BCUT2D eigenvalue weighted by molar-refractivity contribution is 5.79. The fraction of sp³-hybridized carbons (Fsp3) is 0.227. The first-order valence-electron chi connectivity index (χ1n) is 9.46. The van der Waals surface area contributed by atoms with Gasteiger partial charge >= 0.3 is 0 Å². The van der Waals surface area contributed by atoms with E-state index in [4.69, 9.17) is 14.2 Å². The molecule has 146 valence electrons. The van der Waals surface area contributed by atoms with Gasteiger partial charge in [0.25, 0.3) is 0 Å². The summed E-state index contributed by atoms with van der Waals surface area (Å²) in [6, 6.07) is 11.6. The van der Waals surface area contributed by atoms with Crippen molar-refractivity contribution >= 4 is 5.91 Å². The van der Waals surface area contributed by atoms with Crippen LogP contribution in [-0.4, -0.2) is 35.3 Å². The van der Waals surface area contributed by atoms with Crippen LogP contribution in [0.1, 0.15) is 11.1 Å². The van der Waals surface area contributed by atoms with Crippen molar-refractivity contribution in [2.24, 2.45) is 0 Å². The van der Waals surface area contributed by atoms with Crippen molar-refractivity contribution < 1.29 is 19.0 Å². The quantitative estimate of drug-likeness (QED) is 0.722. The largest absolute Gasteiger partial charge is 0.487 e. The first-order chi connectivity index (χ1) is 14.3. The molecule has 0 radical (unpaired) electrons.